The van der Waals surface area contributed by atoms with Crippen LogP contribution in [-0.2, 0) is 43.1 Å². The van der Waals surface area contributed by atoms with Crippen LogP contribution < -0.4 is 33.0 Å². The Bertz CT molecular complexity index is 2150. The summed E-state index contributed by atoms with van der Waals surface area (Å²) in [5.41, 5.74) is 13.6. The first-order valence-electron chi connectivity index (χ1n) is 19.3. The number of carbonyl (C=O) groups is 5. The van der Waals surface area contributed by atoms with Gasteiger partial charge in [-0.05, 0) is 75.6 Å². The molecule has 64 heavy (non-hydrogen) atoms. The van der Waals surface area contributed by atoms with Gasteiger partial charge in [0.25, 0.3) is 0 Å². The zero-order valence-electron chi connectivity index (χ0n) is 35.9. The lowest BCUT2D eigenvalue weighted by atomic mass is 9.80. The van der Waals surface area contributed by atoms with Crippen LogP contribution in [0.4, 0.5) is 15.5 Å². The van der Waals surface area contributed by atoms with Gasteiger partial charge in [-0.1, -0.05) is 84.4 Å². The van der Waals surface area contributed by atoms with E-state index in [-0.39, 0.29) is 30.4 Å². The van der Waals surface area contributed by atoms with E-state index >= 15 is 0 Å². The normalized spacial score (nSPS) is 12.3. The van der Waals surface area contributed by atoms with Gasteiger partial charge in [-0.2, -0.15) is 0 Å². The van der Waals surface area contributed by atoms with Gasteiger partial charge >= 0.3 is 44.3 Å². The van der Waals surface area contributed by atoms with Crippen molar-refractivity contribution in [2.75, 3.05) is 5.73 Å². The Morgan fingerprint density at radius 1 is 0.625 bits per heavy atom. The van der Waals surface area contributed by atoms with E-state index in [1.54, 1.807) is 96.1 Å². The van der Waals surface area contributed by atoms with Gasteiger partial charge in [0, 0.05) is 24.5 Å². The van der Waals surface area contributed by atoms with Gasteiger partial charge in [0.1, 0.15) is 34.5 Å². The Kier molecular flexibility index (Phi) is 20.6. The average molecular weight is 911 g/mol. The second-order valence-corrected chi connectivity index (χ2v) is 16.4. The summed E-state index contributed by atoms with van der Waals surface area (Å²) in [6.07, 6.45) is -1.21. The number of carboxylic acid groups (broad SMARTS) is 3. The standard InChI is InChI=1S/C18H21ClN4O4.C14H20BNO6.C9H12BNO4/c1-18(2,3)27-17(26)22-13(15(24)25)8-10-4-6-11(7-5-10)12-9-14(19)23-16(20)21-12;1-14(2,3)22-13(19)16-11(12(17)18)8-9-4-6-10(7-5-9)15(20)21;11-8(9(12)13)5-6-1-3-7(4-2-6)10(14)15/h4-7,9,13H,8H2,1-3H3,(H,22,26)(H,24,25)(H2,20,21,23);4-7,11,20-21H,8H2,1-3H3,(H,16,19)(H,17,18);1-4,8,14-15H,5,11H2,(H,12,13)/t13-;11-;8-/m000/s1. The number of rotatable bonds is 14. The van der Waals surface area contributed by atoms with Gasteiger partial charge in [0.2, 0.25) is 5.95 Å². The number of nitrogen functional groups attached to an aromatic ring is 1. The molecule has 4 aromatic rings. The second-order valence-electron chi connectivity index (χ2n) is 16.0. The summed E-state index contributed by atoms with van der Waals surface area (Å²) in [6.45, 7) is 10.2. The Morgan fingerprint density at radius 3 is 1.30 bits per heavy atom. The number of ether oxygens (including phenoxy) is 2. The maximum Gasteiger partial charge on any atom is 0.488 e. The lowest BCUT2D eigenvalue weighted by Crippen LogP contribution is -2.44. The average Bonchev–Trinajstić information content (AvgIpc) is 3.16. The Hall–Kier alpha value is -6.29. The predicted molar refractivity (Wildman–Crippen MR) is 238 cm³/mol. The molecule has 20 nitrogen and oxygen atoms in total. The minimum atomic E-state index is -1.58. The van der Waals surface area contributed by atoms with Crippen molar-refractivity contribution in [1.29, 1.82) is 0 Å². The third kappa shape index (κ3) is 20.7. The van der Waals surface area contributed by atoms with E-state index in [9.17, 15) is 34.2 Å². The van der Waals surface area contributed by atoms with E-state index in [1.165, 1.54) is 24.3 Å². The number of nitrogens with one attached hydrogen (secondary N) is 2. The van der Waals surface area contributed by atoms with E-state index in [2.05, 4.69) is 20.6 Å². The Labute approximate surface area is 374 Å². The van der Waals surface area contributed by atoms with Crippen molar-refractivity contribution < 1.29 is 68.9 Å². The summed E-state index contributed by atoms with van der Waals surface area (Å²) < 4.78 is 10.1. The number of aliphatic carboxylic acids is 3. The SMILES string of the molecule is CC(C)(C)OC(=O)N[C@@H](Cc1ccc(-c2cc(Cl)nc(N)n2)cc1)C(=O)O.CC(C)(C)OC(=O)N[C@@H](Cc1ccc(B(O)O)cc1)C(=O)O.N[C@@H](Cc1ccc(B(O)O)cc1)C(=O)O. The van der Waals surface area contributed by atoms with Crippen LogP contribution in [0.3, 0.4) is 0 Å². The molecule has 0 saturated carbocycles. The molecule has 1 aromatic heterocycles. The quantitative estimate of drug-likeness (QED) is 0.0623. The zero-order chi connectivity index (χ0) is 48.5. The van der Waals surface area contributed by atoms with Gasteiger partial charge in [-0.25, -0.2) is 29.1 Å². The molecule has 0 unspecified atom stereocenters. The van der Waals surface area contributed by atoms with Crippen LogP contribution in [0.2, 0.25) is 5.15 Å². The highest BCUT2D eigenvalue weighted by molar-refractivity contribution is 6.58. The number of alkyl carbamates (subject to hydrolysis) is 2. The van der Waals surface area contributed by atoms with Crippen LogP contribution in [0.15, 0.2) is 78.9 Å². The molecule has 0 radical (unpaired) electrons. The third-order valence-electron chi connectivity index (χ3n) is 8.15. The summed E-state index contributed by atoms with van der Waals surface area (Å²) >= 11 is 5.88. The number of nitrogens with two attached hydrogens (primary N) is 2. The fourth-order valence-corrected chi connectivity index (χ4v) is 5.35. The molecule has 2 amide bonds. The highest BCUT2D eigenvalue weighted by atomic mass is 35.5. The molecule has 0 fully saturated rings. The Balaban J connectivity index is 0.000000344. The van der Waals surface area contributed by atoms with Crippen molar-refractivity contribution in [1.82, 2.24) is 20.6 Å². The number of anilines is 1. The lowest BCUT2D eigenvalue weighted by molar-refractivity contribution is -0.140. The molecule has 3 atom stereocenters. The number of aromatic nitrogens is 2. The monoisotopic (exact) mass is 910 g/mol. The molecule has 3 aromatic carbocycles. The highest BCUT2D eigenvalue weighted by Gasteiger charge is 2.26. The molecule has 0 bridgehead atoms. The minimum Gasteiger partial charge on any atom is -0.480 e. The first-order valence-corrected chi connectivity index (χ1v) is 19.7. The summed E-state index contributed by atoms with van der Waals surface area (Å²) in [5, 5.41) is 67.7. The molecule has 344 valence electrons. The first-order chi connectivity index (χ1) is 29.6. The molecule has 23 heteroatoms. The van der Waals surface area contributed by atoms with Crippen molar-refractivity contribution in [3.8, 4) is 11.3 Å². The molecule has 4 rings (SSSR count). The fourth-order valence-electron chi connectivity index (χ4n) is 5.16. The number of nitrogens with zero attached hydrogens (tertiary/aromatic N) is 2. The van der Waals surface area contributed by atoms with Crippen molar-refractivity contribution in [2.45, 2.75) is 90.1 Å². The maximum atomic E-state index is 11.8. The van der Waals surface area contributed by atoms with Crippen LogP contribution in [0.5, 0.6) is 0 Å². The highest BCUT2D eigenvalue weighted by Crippen LogP contribution is 2.22. The first kappa shape index (κ1) is 53.8. The van der Waals surface area contributed by atoms with Crippen molar-refractivity contribution >= 4 is 72.8 Å². The van der Waals surface area contributed by atoms with E-state index in [1.807, 2.05) is 0 Å². The van der Waals surface area contributed by atoms with Gasteiger partial charge in [0.05, 0.1) is 5.69 Å². The summed E-state index contributed by atoms with van der Waals surface area (Å²) in [5.74, 6) is -3.33. The van der Waals surface area contributed by atoms with Crippen LogP contribution in [-0.4, -0.2) is 119 Å². The molecule has 0 aliphatic heterocycles. The molecule has 13 N–H and O–H groups in total. The summed E-state index contributed by atoms with van der Waals surface area (Å²) in [6, 6.07) is 17.8. The number of hydrogen-bond donors (Lipinski definition) is 11. The number of hydrogen-bond acceptors (Lipinski definition) is 15. The molecule has 0 aliphatic carbocycles. The molecular weight excluding hydrogens is 858 g/mol. The third-order valence-corrected chi connectivity index (χ3v) is 8.34. The maximum absolute atomic E-state index is 11.8. The molecule has 0 aliphatic rings. The van der Waals surface area contributed by atoms with Crippen molar-refractivity contribution in [2.24, 2.45) is 5.73 Å². The van der Waals surface area contributed by atoms with Crippen LogP contribution >= 0.6 is 11.6 Å². The Morgan fingerprint density at radius 2 is 0.984 bits per heavy atom. The zero-order valence-corrected chi connectivity index (χ0v) is 36.7. The number of carbonyl (C=O) groups excluding carboxylic acids is 2. The number of benzene rings is 3. The second kappa shape index (κ2) is 24.5. The summed E-state index contributed by atoms with van der Waals surface area (Å²) in [4.78, 5) is 64.5. The topological polar surface area (TPSA) is 347 Å². The van der Waals surface area contributed by atoms with E-state index in [0.717, 1.165) is 16.7 Å². The van der Waals surface area contributed by atoms with Crippen LogP contribution in [0.1, 0.15) is 58.2 Å². The smallest absolute Gasteiger partial charge is 0.480 e. The summed E-state index contributed by atoms with van der Waals surface area (Å²) in [7, 11) is -3.09. The predicted octanol–water partition coefficient (Wildman–Crippen LogP) is 1.11. The number of amides is 2. The number of halogens is 1. The molecule has 1 heterocycles. The van der Waals surface area contributed by atoms with Crippen molar-refractivity contribution in [3.05, 3.63) is 101 Å². The van der Waals surface area contributed by atoms with Crippen molar-refractivity contribution in [3.63, 3.8) is 0 Å². The van der Waals surface area contributed by atoms with Crippen LogP contribution in [0, 0.1) is 0 Å². The minimum absolute atomic E-state index is 0.0520. The molecule has 0 spiro atoms. The number of carboxylic acids is 3. The fraction of sp³-hybridized carbons (Fsp3) is 0.341. The largest absolute Gasteiger partial charge is 0.488 e. The van der Waals surface area contributed by atoms with Gasteiger partial charge in [-0.15, -0.1) is 0 Å². The molecule has 0 saturated heterocycles. The van der Waals surface area contributed by atoms with E-state index in [0.29, 0.717) is 22.2 Å². The van der Waals surface area contributed by atoms with Gasteiger partial charge in [0.15, 0.2) is 0 Å². The van der Waals surface area contributed by atoms with Gasteiger partial charge in [-0.3, -0.25) is 4.79 Å². The van der Waals surface area contributed by atoms with E-state index < -0.39 is 73.7 Å². The van der Waals surface area contributed by atoms with Gasteiger partial charge < -0.3 is 67.0 Å². The van der Waals surface area contributed by atoms with E-state index in [4.69, 9.17) is 57.7 Å². The molecular formula is C41H53B2ClN6O14. The van der Waals surface area contributed by atoms with Crippen LogP contribution in [0.25, 0.3) is 11.3 Å². The lowest BCUT2D eigenvalue weighted by Gasteiger charge is -2.22.